The molecule has 0 saturated heterocycles. The summed E-state index contributed by atoms with van der Waals surface area (Å²) in [5.41, 5.74) is 6.48. The second-order valence-electron chi connectivity index (χ2n) is 12.2. The van der Waals surface area contributed by atoms with Crippen molar-refractivity contribution in [2.75, 3.05) is 17.7 Å². The summed E-state index contributed by atoms with van der Waals surface area (Å²) in [5.74, 6) is -0.122. The van der Waals surface area contributed by atoms with Crippen molar-refractivity contribution in [2.45, 2.75) is 59.4 Å². The lowest BCUT2D eigenvalue weighted by Crippen LogP contribution is -2.40. The van der Waals surface area contributed by atoms with Gasteiger partial charge < -0.3 is 19.8 Å². The molecule has 0 spiro atoms. The summed E-state index contributed by atoms with van der Waals surface area (Å²) < 4.78 is 12.2. The molecular weight excluding hydrogens is 636 g/mol. The molecule has 4 rings (SSSR count). The molecule has 0 bridgehead atoms. The predicted molar refractivity (Wildman–Crippen MR) is 182 cm³/mol. The number of nitrogens with zero attached hydrogens (tertiary/aromatic N) is 2. The molecule has 10 heteroatoms. The van der Waals surface area contributed by atoms with Gasteiger partial charge in [0.05, 0.1) is 18.2 Å². The number of hydrogen-bond donors (Lipinski definition) is 2. The number of pyridine rings is 2. The monoisotopic (exact) mass is 674 g/mol. The molecule has 0 aliphatic carbocycles. The highest BCUT2D eigenvalue weighted by Gasteiger charge is 2.37. The highest BCUT2D eigenvalue weighted by atomic mass is 79.9. The molecule has 2 heterocycles. The lowest BCUT2D eigenvalue weighted by atomic mass is 9.94. The van der Waals surface area contributed by atoms with Crippen LogP contribution in [0.25, 0.3) is 11.1 Å². The second-order valence-corrected chi connectivity index (χ2v) is 17.8. The van der Waals surface area contributed by atoms with Crippen molar-refractivity contribution in [1.82, 2.24) is 9.97 Å². The van der Waals surface area contributed by atoms with Gasteiger partial charge in [-0.1, -0.05) is 51.1 Å². The summed E-state index contributed by atoms with van der Waals surface area (Å²) >= 11 is 3.36. The number of rotatable bonds is 9. The van der Waals surface area contributed by atoms with Crippen molar-refractivity contribution >= 4 is 47.4 Å². The molecule has 2 amide bonds. The van der Waals surface area contributed by atoms with E-state index in [2.05, 4.69) is 70.4 Å². The van der Waals surface area contributed by atoms with Crippen LogP contribution in [-0.4, -0.2) is 37.2 Å². The normalized spacial score (nSPS) is 11.7. The lowest BCUT2D eigenvalue weighted by Gasteiger charge is -2.36. The zero-order chi connectivity index (χ0) is 32.2. The lowest BCUT2D eigenvalue weighted by molar-refractivity contribution is 0.101. The van der Waals surface area contributed by atoms with Crippen LogP contribution in [0.5, 0.6) is 5.75 Å². The van der Waals surface area contributed by atoms with Gasteiger partial charge in [-0.25, -0.2) is 4.98 Å². The third-order valence-corrected chi connectivity index (χ3v) is 13.3. The van der Waals surface area contributed by atoms with E-state index >= 15 is 0 Å². The van der Waals surface area contributed by atoms with E-state index in [0.717, 1.165) is 27.8 Å². The largest absolute Gasteiger partial charge is 0.495 e. The minimum Gasteiger partial charge on any atom is -0.495 e. The van der Waals surface area contributed by atoms with Gasteiger partial charge in [-0.05, 0) is 93.9 Å². The quantitative estimate of drug-likeness (QED) is 0.172. The SMILES string of the molecule is COc1cc(C(=O)Nc2cccc(-c3cccc(NC(=O)c4ccc(CO[Si](C)(C)C(C)(C)C)cn4)c3C)c2C)ncc1Br. The first-order chi connectivity index (χ1) is 20.7. The summed E-state index contributed by atoms with van der Waals surface area (Å²) in [6.07, 6.45) is 3.24. The molecule has 0 atom stereocenters. The molecule has 0 saturated carbocycles. The van der Waals surface area contributed by atoms with E-state index in [1.54, 1.807) is 18.3 Å². The number of anilines is 2. The van der Waals surface area contributed by atoms with E-state index < -0.39 is 8.32 Å². The van der Waals surface area contributed by atoms with Gasteiger partial charge in [0.25, 0.3) is 11.8 Å². The molecule has 0 radical (unpaired) electrons. The minimum absolute atomic E-state index is 0.118. The molecule has 2 aromatic heterocycles. The Morgan fingerprint density at radius 3 is 1.89 bits per heavy atom. The molecule has 0 aliphatic rings. The smallest absolute Gasteiger partial charge is 0.274 e. The first kappa shape index (κ1) is 33.0. The second kappa shape index (κ2) is 13.4. The standard InChI is InChI=1S/C34H39BrN4O4Si/c1-21-24(25-12-10-14-28(22(25)2)39-33(41)30-17-31(42-6)26(35)19-37-30)11-9-13-27(21)38-32(40)29-16-15-23(18-36-29)20-43-44(7,8)34(3,4)5/h9-19H,20H2,1-8H3,(H,38,40)(H,39,41). The number of aromatic nitrogens is 2. The molecule has 0 fully saturated rings. The third kappa shape index (κ3) is 7.43. The number of hydrogen-bond acceptors (Lipinski definition) is 6. The van der Waals surface area contributed by atoms with Crippen LogP contribution in [0.2, 0.25) is 18.1 Å². The fourth-order valence-corrected chi connectivity index (χ4v) is 5.66. The number of amides is 2. The Morgan fingerprint density at radius 1 is 0.841 bits per heavy atom. The maximum Gasteiger partial charge on any atom is 0.274 e. The van der Waals surface area contributed by atoms with Crippen LogP contribution in [0, 0.1) is 13.8 Å². The van der Waals surface area contributed by atoms with E-state index in [4.69, 9.17) is 9.16 Å². The fourth-order valence-electron chi connectivity index (χ4n) is 4.32. The van der Waals surface area contributed by atoms with Crippen LogP contribution >= 0.6 is 15.9 Å². The van der Waals surface area contributed by atoms with Gasteiger partial charge in [0.15, 0.2) is 8.32 Å². The van der Waals surface area contributed by atoms with E-state index in [1.165, 1.54) is 13.3 Å². The fraction of sp³-hybridized carbons (Fsp3) is 0.294. The number of ether oxygens (including phenoxy) is 1. The summed E-state index contributed by atoms with van der Waals surface area (Å²) in [4.78, 5) is 34.8. The Labute approximate surface area is 268 Å². The summed E-state index contributed by atoms with van der Waals surface area (Å²) in [7, 11) is -0.352. The molecule has 44 heavy (non-hydrogen) atoms. The topological polar surface area (TPSA) is 102 Å². The van der Waals surface area contributed by atoms with Crippen LogP contribution in [0.15, 0.2) is 71.5 Å². The van der Waals surface area contributed by atoms with Gasteiger partial charge in [0, 0.05) is 29.8 Å². The number of carbonyl (C=O) groups is 2. The molecular formula is C34H39BrN4O4Si. The molecule has 0 aliphatic heterocycles. The first-order valence-electron chi connectivity index (χ1n) is 14.3. The highest BCUT2D eigenvalue weighted by Crippen LogP contribution is 2.37. The van der Waals surface area contributed by atoms with E-state index in [9.17, 15) is 9.59 Å². The summed E-state index contributed by atoms with van der Waals surface area (Å²) in [6, 6.07) is 16.7. The van der Waals surface area contributed by atoms with Gasteiger partial charge in [-0.3, -0.25) is 14.6 Å². The van der Waals surface area contributed by atoms with Crippen molar-refractivity contribution < 1.29 is 18.8 Å². The molecule has 4 aromatic rings. The zero-order valence-corrected chi connectivity index (χ0v) is 29.0. The van der Waals surface area contributed by atoms with Crippen LogP contribution in [-0.2, 0) is 11.0 Å². The molecule has 8 nitrogen and oxygen atoms in total. The molecule has 230 valence electrons. The number of nitrogens with one attached hydrogen (secondary N) is 2. The van der Waals surface area contributed by atoms with Crippen LogP contribution in [0.1, 0.15) is 58.4 Å². The maximum atomic E-state index is 13.2. The van der Waals surface area contributed by atoms with Gasteiger partial charge in [0.2, 0.25) is 0 Å². The molecule has 2 aromatic carbocycles. The Morgan fingerprint density at radius 2 is 1.39 bits per heavy atom. The highest BCUT2D eigenvalue weighted by molar-refractivity contribution is 9.10. The van der Waals surface area contributed by atoms with Crippen molar-refractivity contribution in [2.24, 2.45) is 0 Å². The number of methoxy groups -OCH3 is 1. The predicted octanol–water partition coefficient (Wildman–Crippen LogP) is 8.56. The Kier molecular flexibility index (Phi) is 10.1. The molecule has 0 unspecified atom stereocenters. The Bertz CT molecular complexity index is 1680. The summed E-state index contributed by atoms with van der Waals surface area (Å²) in [5, 5.41) is 6.10. The zero-order valence-electron chi connectivity index (χ0n) is 26.5. The first-order valence-corrected chi connectivity index (χ1v) is 18.0. The summed E-state index contributed by atoms with van der Waals surface area (Å²) in [6.45, 7) is 15.4. The average molecular weight is 676 g/mol. The van der Waals surface area contributed by atoms with E-state index in [0.29, 0.717) is 33.9 Å². The van der Waals surface area contributed by atoms with Crippen molar-refractivity contribution in [1.29, 1.82) is 0 Å². The average Bonchev–Trinajstić information content (AvgIpc) is 2.98. The van der Waals surface area contributed by atoms with Crippen molar-refractivity contribution in [3.8, 4) is 16.9 Å². The van der Waals surface area contributed by atoms with Gasteiger partial charge in [-0.2, -0.15) is 0 Å². The van der Waals surface area contributed by atoms with Crippen LogP contribution in [0.3, 0.4) is 0 Å². The number of carbonyl (C=O) groups excluding carboxylic acids is 2. The van der Waals surface area contributed by atoms with Crippen LogP contribution < -0.4 is 15.4 Å². The van der Waals surface area contributed by atoms with Crippen molar-refractivity contribution in [3.63, 3.8) is 0 Å². The van der Waals surface area contributed by atoms with Gasteiger partial charge >= 0.3 is 0 Å². The van der Waals surface area contributed by atoms with E-state index in [-0.39, 0.29) is 22.5 Å². The Hall–Kier alpha value is -3.86. The number of halogens is 1. The maximum absolute atomic E-state index is 13.2. The Balaban J connectivity index is 1.50. The van der Waals surface area contributed by atoms with Crippen molar-refractivity contribution in [3.05, 3.63) is 99.5 Å². The van der Waals surface area contributed by atoms with Gasteiger partial charge in [-0.15, -0.1) is 0 Å². The van der Waals surface area contributed by atoms with Gasteiger partial charge in [0.1, 0.15) is 17.1 Å². The van der Waals surface area contributed by atoms with E-state index in [1.807, 2.05) is 56.3 Å². The van der Waals surface area contributed by atoms with Crippen LogP contribution in [0.4, 0.5) is 11.4 Å². The molecule has 2 N–H and O–H groups in total. The number of benzene rings is 2. The third-order valence-electron chi connectivity index (χ3n) is 8.19. The minimum atomic E-state index is -1.89.